The Morgan fingerprint density at radius 1 is 1.26 bits per heavy atom. The molecule has 0 unspecified atom stereocenters. The normalized spacial score (nSPS) is 13.4. The highest BCUT2D eigenvalue weighted by Gasteiger charge is 2.17. The minimum atomic E-state index is -3.36. The van der Waals surface area contributed by atoms with Crippen molar-refractivity contribution in [2.75, 3.05) is 6.26 Å². The number of nitrogens with one attached hydrogen (secondary N) is 1. The van der Waals surface area contributed by atoms with Gasteiger partial charge in [0, 0.05) is 22.3 Å². The molecular formula is C13H18BrNO3S. The Hall–Kier alpha value is -0.880. The minimum Gasteiger partial charge on any atom is -0.349 e. The molecule has 106 valence electrons. The topological polar surface area (TPSA) is 63.2 Å². The lowest BCUT2D eigenvalue weighted by molar-refractivity contribution is 0.0930. The highest BCUT2D eigenvalue weighted by molar-refractivity contribution is 9.10. The van der Waals surface area contributed by atoms with Crippen molar-refractivity contribution in [3.63, 3.8) is 0 Å². The standard InChI is InChI=1S/C13H18BrNO3S/c1-8(2)9(3)15-13(16)10-5-6-11(14)12(7-10)19(4,17)18/h5-9H,1-4H3,(H,15,16)/t9-/m1/s1. The number of halogens is 1. The predicted octanol–water partition coefficient (Wildman–Crippen LogP) is 2.63. The van der Waals surface area contributed by atoms with Crippen LogP contribution in [0.3, 0.4) is 0 Å². The lowest BCUT2D eigenvalue weighted by Crippen LogP contribution is -2.36. The molecule has 19 heavy (non-hydrogen) atoms. The van der Waals surface area contributed by atoms with Crippen molar-refractivity contribution in [3.05, 3.63) is 28.2 Å². The van der Waals surface area contributed by atoms with E-state index in [1.54, 1.807) is 12.1 Å². The van der Waals surface area contributed by atoms with Gasteiger partial charge in [-0.3, -0.25) is 4.79 Å². The molecule has 1 N–H and O–H groups in total. The molecule has 0 radical (unpaired) electrons. The Morgan fingerprint density at radius 3 is 2.32 bits per heavy atom. The van der Waals surface area contributed by atoms with Gasteiger partial charge in [-0.15, -0.1) is 0 Å². The highest BCUT2D eigenvalue weighted by atomic mass is 79.9. The van der Waals surface area contributed by atoms with Gasteiger partial charge >= 0.3 is 0 Å². The van der Waals surface area contributed by atoms with E-state index in [0.29, 0.717) is 16.0 Å². The fraction of sp³-hybridized carbons (Fsp3) is 0.462. The Bertz CT molecular complexity index is 582. The average Bonchev–Trinajstić information content (AvgIpc) is 2.27. The molecule has 0 aliphatic carbocycles. The zero-order chi connectivity index (χ0) is 14.8. The molecule has 1 aromatic carbocycles. The second kappa shape index (κ2) is 6.05. The van der Waals surface area contributed by atoms with E-state index in [9.17, 15) is 13.2 Å². The van der Waals surface area contributed by atoms with Crippen LogP contribution in [0, 0.1) is 5.92 Å². The molecule has 0 saturated carbocycles. The van der Waals surface area contributed by atoms with E-state index in [-0.39, 0.29) is 16.8 Å². The van der Waals surface area contributed by atoms with Crippen molar-refractivity contribution in [2.24, 2.45) is 5.92 Å². The third-order valence-electron chi connectivity index (χ3n) is 2.95. The molecule has 0 aliphatic heterocycles. The number of amides is 1. The molecule has 6 heteroatoms. The van der Waals surface area contributed by atoms with E-state index in [0.717, 1.165) is 6.26 Å². The van der Waals surface area contributed by atoms with Gasteiger partial charge in [0.25, 0.3) is 5.91 Å². The largest absolute Gasteiger partial charge is 0.349 e. The van der Waals surface area contributed by atoms with Crippen molar-refractivity contribution < 1.29 is 13.2 Å². The molecule has 0 fully saturated rings. The van der Waals surface area contributed by atoms with Crippen molar-refractivity contribution in [1.29, 1.82) is 0 Å². The first kappa shape index (κ1) is 16.2. The number of benzene rings is 1. The predicted molar refractivity (Wildman–Crippen MR) is 79.0 cm³/mol. The van der Waals surface area contributed by atoms with Gasteiger partial charge in [0.05, 0.1) is 4.90 Å². The third-order valence-corrected chi connectivity index (χ3v) is 5.04. The average molecular weight is 348 g/mol. The summed E-state index contributed by atoms with van der Waals surface area (Å²) in [4.78, 5) is 12.2. The number of carbonyl (C=O) groups excluding carboxylic acids is 1. The van der Waals surface area contributed by atoms with Gasteiger partial charge in [0.1, 0.15) is 0 Å². The summed E-state index contributed by atoms with van der Waals surface area (Å²) in [6.07, 6.45) is 1.12. The highest BCUT2D eigenvalue weighted by Crippen LogP contribution is 2.23. The lowest BCUT2D eigenvalue weighted by atomic mass is 10.1. The molecule has 0 heterocycles. The first-order valence-corrected chi connectivity index (χ1v) is 8.62. The summed E-state index contributed by atoms with van der Waals surface area (Å²) < 4.78 is 23.7. The van der Waals surface area contributed by atoms with Crippen molar-refractivity contribution in [1.82, 2.24) is 5.32 Å². The molecule has 0 saturated heterocycles. The maximum atomic E-state index is 12.0. The Labute approximate surface area is 122 Å². The van der Waals surface area contributed by atoms with Crippen LogP contribution >= 0.6 is 15.9 Å². The van der Waals surface area contributed by atoms with E-state index < -0.39 is 9.84 Å². The van der Waals surface area contributed by atoms with Crippen LogP contribution < -0.4 is 5.32 Å². The maximum absolute atomic E-state index is 12.0. The lowest BCUT2D eigenvalue weighted by Gasteiger charge is -2.17. The van der Waals surface area contributed by atoms with Crippen LogP contribution in [-0.2, 0) is 9.84 Å². The van der Waals surface area contributed by atoms with E-state index >= 15 is 0 Å². The van der Waals surface area contributed by atoms with Gasteiger partial charge in [-0.2, -0.15) is 0 Å². The summed E-state index contributed by atoms with van der Waals surface area (Å²) in [7, 11) is -3.36. The van der Waals surface area contributed by atoms with Crippen LogP contribution in [0.25, 0.3) is 0 Å². The summed E-state index contributed by atoms with van der Waals surface area (Å²) >= 11 is 3.18. The molecule has 0 bridgehead atoms. The zero-order valence-corrected chi connectivity index (χ0v) is 13.8. The Balaban J connectivity index is 3.07. The quantitative estimate of drug-likeness (QED) is 0.910. The number of hydrogen-bond acceptors (Lipinski definition) is 3. The third kappa shape index (κ3) is 4.31. The first-order valence-electron chi connectivity index (χ1n) is 5.93. The molecule has 0 spiro atoms. The maximum Gasteiger partial charge on any atom is 0.251 e. The fourth-order valence-electron chi connectivity index (χ4n) is 1.39. The number of carbonyl (C=O) groups is 1. The summed E-state index contributed by atoms with van der Waals surface area (Å²) in [5, 5.41) is 2.84. The van der Waals surface area contributed by atoms with Gasteiger partial charge in [0.2, 0.25) is 0 Å². The summed E-state index contributed by atoms with van der Waals surface area (Å²) in [5.74, 6) is 0.0485. The molecule has 1 atom stereocenters. The SMILES string of the molecule is CC(C)[C@@H](C)NC(=O)c1ccc(Br)c(S(C)(=O)=O)c1. The monoisotopic (exact) mass is 347 g/mol. The zero-order valence-electron chi connectivity index (χ0n) is 11.4. The van der Waals surface area contributed by atoms with Crippen molar-refractivity contribution in [2.45, 2.75) is 31.7 Å². The van der Waals surface area contributed by atoms with Gasteiger partial charge in [-0.25, -0.2) is 8.42 Å². The Kier molecular flexibility index (Phi) is 5.15. The minimum absolute atomic E-state index is 0.0258. The second-order valence-electron chi connectivity index (χ2n) is 4.92. The van der Waals surface area contributed by atoms with Gasteiger partial charge in [-0.1, -0.05) is 13.8 Å². The van der Waals surface area contributed by atoms with E-state index in [1.165, 1.54) is 6.07 Å². The van der Waals surface area contributed by atoms with Crippen molar-refractivity contribution in [3.8, 4) is 0 Å². The molecule has 0 aromatic heterocycles. The molecule has 1 aromatic rings. The Morgan fingerprint density at radius 2 is 1.84 bits per heavy atom. The molecular weight excluding hydrogens is 330 g/mol. The molecule has 0 aliphatic rings. The van der Waals surface area contributed by atoms with Crippen LogP contribution in [0.2, 0.25) is 0 Å². The van der Waals surface area contributed by atoms with Crippen molar-refractivity contribution >= 4 is 31.7 Å². The fourth-order valence-corrected chi connectivity index (χ4v) is 3.28. The molecule has 1 rings (SSSR count). The summed E-state index contributed by atoms with van der Waals surface area (Å²) in [5.41, 5.74) is 0.344. The summed E-state index contributed by atoms with van der Waals surface area (Å²) in [6, 6.07) is 4.59. The summed E-state index contributed by atoms with van der Waals surface area (Å²) in [6.45, 7) is 5.93. The van der Waals surface area contributed by atoms with E-state index in [2.05, 4.69) is 21.2 Å². The molecule has 4 nitrogen and oxygen atoms in total. The van der Waals surface area contributed by atoms with Crippen LogP contribution in [-0.4, -0.2) is 26.6 Å². The first-order chi connectivity index (χ1) is 8.62. The van der Waals surface area contributed by atoms with Crippen LogP contribution in [0.5, 0.6) is 0 Å². The molecule has 1 amide bonds. The van der Waals surface area contributed by atoms with Crippen LogP contribution in [0.4, 0.5) is 0 Å². The number of sulfone groups is 1. The second-order valence-corrected chi connectivity index (χ2v) is 7.76. The smallest absolute Gasteiger partial charge is 0.251 e. The number of hydrogen-bond donors (Lipinski definition) is 1. The van der Waals surface area contributed by atoms with Gasteiger partial charge in [-0.05, 0) is 47.0 Å². The van der Waals surface area contributed by atoms with Gasteiger partial charge in [0.15, 0.2) is 9.84 Å². The van der Waals surface area contributed by atoms with Crippen LogP contribution in [0.15, 0.2) is 27.6 Å². The van der Waals surface area contributed by atoms with Crippen LogP contribution in [0.1, 0.15) is 31.1 Å². The van der Waals surface area contributed by atoms with E-state index in [4.69, 9.17) is 0 Å². The van der Waals surface area contributed by atoms with E-state index in [1.807, 2.05) is 20.8 Å². The number of rotatable bonds is 4. The van der Waals surface area contributed by atoms with Gasteiger partial charge < -0.3 is 5.32 Å².